The number of rotatable bonds is 4. The van der Waals surface area contributed by atoms with Crippen molar-refractivity contribution >= 4 is 17.4 Å². The van der Waals surface area contributed by atoms with E-state index in [9.17, 15) is 18.0 Å². The van der Waals surface area contributed by atoms with Gasteiger partial charge in [0.15, 0.2) is 5.82 Å². The van der Waals surface area contributed by atoms with Crippen molar-refractivity contribution in [1.82, 2.24) is 19.7 Å². The van der Waals surface area contributed by atoms with Crippen LogP contribution in [0.15, 0.2) is 60.6 Å². The fraction of sp³-hybridized carbons (Fsp3) is 0.250. The Labute approximate surface area is 194 Å². The highest BCUT2D eigenvalue weighted by Crippen LogP contribution is 2.36. The lowest BCUT2D eigenvalue weighted by atomic mass is 10.1. The number of allylic oxidation sites excluding steroid dienone is 1. The number of alkyl halides is 3. The normalized spacial score (nSPS) is 14.7. The molecule has 2 aromatic carbocycles. The van der Waals surface area contributed by atoms with Gasteiger partial charge in [0.1, 0.15) is 6.33 Å². The predicted octanol–water partition coefficient (Wildman–Crippen LogP) is 5.37. The molecule has 2 heterocycles. The molecule has 0 atom stereocenters. The first-order chi connectivity index (χ1) is 16.1. The van der Waals surface area contributed by atoms with Crippen molar-refractivity contribution in [3.63, 3.8) is 0 Å². The summed E-state index contributed by atoms with van der Waals surface area (Å²) < 4.78 is 41.8. The highest BCUT2D eigenvalue weighted by Gasteiger charge is 2.36. The van der Waals surface area contributed by atoms with E-state index in [4.69, 9.17) is 5.26 Å². The number of carbonyl (C=O) groups excluding carboxylic acids is 1. The first-order valence-corrected chi connectivity index (χ1v) is 10.5. The Balaban J connectivity index is 1.86. The summed E-state index contributed by atoms with van der Waals surface area (Å²) in [5.74, 6) is 0.487. The van der Waals surface area contributed by atoms with Crippen LogP contribution in [0.4, 0.5) is 23.7 Å². The minimum Gasteiger partial charge on any atom is -0.316 e. The molecule has 2 amide bonds. The first-order valence-electron chi connectivity index (χ1n) is 10.5. The van der Waals surface area contributed by atoms with Gasteiger partial charge in [-0.25, -0.2) is 4.79 Å². The Morgan fingerprint density at radius 2 is 1.82 bits per heavy atom. The number of hydrogen-bond donors (Lipinski definition) is 0. The average molecular weight is 466 g/mol. The second-order valence-corrected chi connectivity index (χ2v) is 8.13. The molecule has 0 radical (unpaired) electrons. The molecule has 3 aromatic rings. The first kappa shape index (κ1) is 23.0. The van der Waals surface area contributed by atoms with Crippen LogP contribution in [-0.4, -0.2) is 38.3 Å². The van der Waals surface area contributed by atoms with Crippen LogP contribution in [0.3, 0.4) is 0 Å². The van der Waals surface area contributed by atoms with Gasteiger partial charge in [0.05, 0.1) is 35.1 Å². The third kappa shape index (κ3) is 4.12. The summed E-state index contributed by atoms with van der Waals surface area (Å²) in [6.07, 6.45) is -3.03. The maximum Gasteiger partial charge on any atom is 0.416 e. The van der Waals surface area contributed by atoms with Gasteiger partial charge in [-0.3, -0.25) is 9.47 Å². The van der Waals surface area contributed by atoms with E-state index in [1.807, 2.05) is 13.8 Å². The van der Waals surface area contributed by atoms with Crippen molar-refractivity contribution < 1.29 is 18.0 Å². The summed E-state index contributed by atoms with van der Waals surface area (Å²) in [4.78, 5) is 16.2. The van der Waals surface area contributed by atoms with Gasteiger partial charge in [-0.05, 0) is 63.2 Å². The molecule has 0 bridgehead atoms. The third-order valence-corrected chi connectivity index (χ3v) is 5.68. The lowest BCUT2D eigenvalue weighted by Crippen LogP contribution is -2.51. The Morgan fingerprint density at radius 1 is 1.12 bits per heavy atom. The molecule has 7 nitrogen and oxygen atoms in total. The standard InChI is InChI=1S/C24H21F3N6O/c1-15(2)31-13-21(32-14-29-30-22(32)18-9-7-17(12-28)8-10-18)16(3)33(23(31)34)20-6-4-5-19(11-20)24(25,26)27/h4-11,14-15H,13H2,1-3H3. The maximum atomic E-state index is 13.4. The Morgan fingerprint density at radius 3 is 2.44 bits per heavy atom. The van der Waals surface area contributed by atoms with Gasteiger partial charge < -0.3 is 4.90 Å². The van der Waals surface area contributed by atoms with Crippen LogP contribution in [0, 0.1) is 11.3 Å². The van der Waals surface area contributed by atoms with Gasteiger partial charge in [0, 0.05) is 17.3 Å². The quantitative estimate of drug-likeness (QED) is 0.518. The van der Waals surface area contributed by atoms with Gasteiger partial charge in [0.2, 0.25) is 0 Å². The van der Waals surface area contributed by atoms with Gasteiger partial charge in [-0.15, -0.1) is 10.2 Å². The van der Waals surface area contributed by atoms with E-state index in [0.717, 1.165) is 12.1 Å². The number of anilines is 1. The average Bonchev–Trinajstić information content (AvgIpc) is 3.28. The van der Waals surface area contributed by atoms with Crippen LogP contribution in [0.5, 0.6) is 0 Å². The maximum absolute atomic E-state index is 13.4. The number of nitriles is 1. The summed E-state index contributed by atoms with van der Waals surface area (Å²) in [5, 5.41) is 17.3. The zero-order chi connectivity index (χ0) is 24.6. The van der Waals surface area contributed by atoms with Gasteiger partial charge in [-0.1, -0.05) is 6.07 Å². The Hall–Kier alpha value is -4.13. The largest absolute Gasteiger partial charge is 0.416 e. The second-order valence-electron chi connectivity index (χ2n) is 8.13. The molecule has 1 aliphatic heterocycles. The zero-order valence-electron chi connectivity index (χ0n) is 18.7. The van der Waals surface area contributed by atoms with Crippen molar-refractivity contribution in [3.05, 3.63) is 71.7 Å². The van der Waals surface area contributed by atoms with E-state index < -0.39 is 17.8 Å². The van der Waals surface area contributed by atoms with Crippen LogP contribution < -0.4 is 4.90 Å². The molecule has 1 aromatic heterocycles. The molecule has 0 saturated heterocycles. The molecule has 1 aliphatic rings. The second kappa shape index (κ2) is 8.67. The van der Waals surface area contributed by atoms with Crippen molar-refractivity contribution in [2.24, 2.45) is 0 Å². The minimum atomic E-state index is -4.54. The summed E-state index contributed by atoms with van der Waals surface area (Å²) in [7, 11) is 0. The molecule has 0 aliphatic carbocycles. The van der Waals surface area contributed by atoms with E-state index in [0.29, 0.717) is 28.3 Å². The van der Waals surface area contributed by atoms with Gasteiger partial charge in [-0.2, -0.15) is 18.4 Å². The predicted molar refractivity (Wildman–Crippen MR) is 120 cm³/mol. The van der Waals surface area contributed by atoms with Gasteiger partial charge in [0.25, 0.3) is 0 Å². The molecule has 0 fully saturated rings. The van der Waals surface area contributed by atoms with Crippen molar-refractivity contribution in [1.29, 1.82) is 5.26 Å². The SMILES string of the molecule is CC1=C(n2cnnc2-c2ccc(C#N)cc2)CN(C(C)C)C(=O)N1c1cccc(C(F)(F)F)c1. The summed E-state index contributed by atoms with van der Waals surface area (Å²) in [6, 6.07) is 13.0. The summed E-state index contributed by atoms with van der Waals surface area (Å²) in [5.41, 5.74) is 1.60. The van der Waals surface area contributed by atoms with E-state index in [-0.39, 0.29) is 18.3 Å². The van der Waals surface area contributed by atoms with Crippen molar-refractivity contribution in [2.45, 2.75) is 33.0 Å². The number of amides is 2. The summed E-state index contributed by atoms with van der Waals surface area (Å²) in [6.45, 7) is 5.59. The molecule has 4 rings (SSSR count). The minimum absolute atomic E-state index is 0.119. The number of carbonyl (C=O) groups is 1. The molecular weight excluding hydrogens is 445 g/mol. The number of aromatic nitrogens is 3. The number of halogens is 3. The lowest BCUT2D eigenvalue weighted by molar-refractivity contribution is -0.137. The van der Waals surface area contributed by atoms with Crippen LogP contribution in [0.1, 0.15) is 31.9 Å². The number of benzene rings is 2. The number of hydrogen-bond acceptors (Lipinski definition) is 4. The third-order valence-electron chi connectivity index (χ3n) is 5.68. The molecule has 34 heavy (non-hydrogen) atoms. The molecule has 0 N–H and O–H groups in total. The zero-order valence-corrected chi connectivity index (χ0v) is 18.7. The van der Waals surface area contributed by atoms with Crippen LogP contribution in [0.25, 0.3) is 17.1 Å². The van der Waals surface area contributed by atoms with Crippen molar-refractivity contribution in [3.8, 4) is 17.5 Å². The molecule has 10 heteroatoms. The van der Waals surface area contributed by atoms with Crippen LogP contribution >= 0.6 is 0 Å². The lowest BCUT2D eigenvalue weighted by Gasteiger charge is -2.40. The van der Waals surface area contributed by atoms with E-state index in [1.54, 1.807) is 40.7 Å². The van der Waals surface area contributed by atoms with Crippen molar-refractivity contribution in [2.75, 3.05) is 11.4 Å². The van der Waals surface area contributed by atoms with Gasteiger partial charge >= 0.3 is 12.2 Å². The molecule has 0 unspecified atom stereocenters. The number of nitrogens with zero attached hydrogens (tertiary/aromatic N) is 6. The highest BCUT2D eigenvalue weighted by atomic mass is 19.4. The topological polar surface area (TPSA) is 78.0 Å². The molecule has 174 valence electrons. The van der Waals surface area contributed by atoms with E-state index >= 15 is 0 Å². The monoisotopic (exact) mass is 466 g/mol. The Kier molecular flexibility index (Phi) is 5.87. The smallest absolute Gasteiger partial charge is 0.316 e. The molecular formula is C24H21F3N6O. The van der Waals surface area contributed by atoms with Crippen LogP contribution in [-0.2, 0) is 6.18 Å². The number of urea groups is 1. The Bertz CT molecular complexity index is 1300. The fourth-order valence-corrected chi connectivity index (χ4v) is 3.85. The molecule has 0 saturated carbocycles. The summed E-state index contributed by atoms with van der Waals surface area (Å²) >= 11 is 0. The molecule has 0 spiro atoms. The van der Waals surface area contributed by atoms with E-state index in [2.05, 4.69) is 16.3 Å². The van der Waals surface area contributed by atoms with Crippen LogP contribution in [0.2, 0.25) is 0 Å². The van der Waals surface area contributed by atoms with E-state index in [1.165, 1.54) is 23.4 Å². The fourth-order valence-electron chi connectivity index (χ4n) is 3.85. The highest BCUT2D eigenvalue weighted by molar-refractivity contribution is 5.99.